The molecule has 7 nitrogen and oxygen atoms in total. The van der Waals surface area contributed by atoms with Crippen molar-refractivity contribution in [1.29, 1.82) is 0 Å². The van der Waals surface area contributed by atoms with Crippen molar-refractivity contribution in [3.05, 3.63) is 47.6 Å². The van der Waals surface area contributed by atoms with Crippen LogP contribution in [0.15, 0.2) is 47.5 Å². The van der Waals surface area contributed by atoms with Crippen molar-refractivity contribution in [2.45, 2.75) is 4.90 Å². The molecule has 0 unspecified atom stereocenters. The van der Waals surface area contributed by atoms with Gasteiger partial charge in [-0.1, -0.05) is 11.6 Å². The number of hydrogen-bond acceptors (Lipinski definition) is 5. The van der Waals surface area contributed by atoms with E-state index in [2.05, 4.69) is 14.6 Å². The highest BCUT2D eigenvalue weighted by Gasteiger charge is 2.18. The molecule has 3 rings (SSSR count). The van der Waals surface area contributed by atoms with E-state index >= 15 is 0 Å². The summed E-state index contributed by atoms with van der Waals surface area (Å²) in [6, 6.07) is 9.36. The fourth-order valence-corrected chi connectivity index (χ4v) is 3.69. The minimum atomic E-state index is -3.69. The lowest BCUT2D eigenvalue weighted by atomic mass is 10.3. The van der Waals surface area contributed by atoms with Crippen LogP contribution >= 0.6 is 11.6 Å². The molecule has 1 aromatic heterocycles. The number of nitrogens with zero attached hydrogens (tertiary/aromatic N) is 3. The fraction of sp³-hybridized carbons (Fsp3) is 0.250. The molecule has 1 aromatic carbocycles. The number of halogens is 1. The van der Waals surface area contributed by atoms with Gasteiger partial charge in [0.25, 0.3) is 10.0 Å². The highest BCUT2D eigenvalue weighted by atomic mass is 35.5. The number of carbonyl (C=O) groups is 1. The zero-order valence-electron chi connectivity index (χ0n) is 13.3. The van der Waals surface area contributed by atoms with Crippen LogP contribution in [-0.4, -0.2) is 50.9 Å². The maximum absolute atomic E-state index is 12.3. The lowest BCUT2D eigenvalue weighted by Gasteiger charge is -2.33. The van der Waals surface area contributed by atoms with Gasteiger partial charge in [0.15, 0.2) is 0 Å². The number of rotatable bonds is 5. The molecule has 25 heavy (non-hydrogen) atoms. The molecule has 1 saturated heterocycles. The van der Waals surface area contributed by atoms with Crippen molar-refractivity contribution in [2.75, 3.05) is 35.8 Å². The van der Waals surface area contributed by atoms with Gasteiger partial charge in [0.05, 0.1) is 16.8 Å². The van der Waals surface area contributed by atoms with E-state index in [9.17, 15) is 13.2 Å². The molecule has 0 bridgehead atoms. The van der Waals surface area contributed by atoms with Crippen molar-refractivity contribution < 1.29 is 13.2 Å². The first-order valence-electron chi connectivity index (χ1n) is 7.67. The standard InChI is InChI=1S/C16H17ClN4O3S/c17-13-1-4-15(5-2-13)25(23,24)19-14-3-6-16(18-11-14)21-9-7-20(12-22)8-10-21/h1-6,11-12,19H,7-10H2. The first-order valence-corrected chi connectivity index (χ1v) is 9.53. The van der Waals surface area contributed by atoms with Crippen molar-refractivity contribution in [3.8, 4) is 0 Å². The predicted molar refractivity (Wildman–Crippen MR) is 96.3 cm³/mol. The van der Waals surface area contributed by atoms with E-state index in [4.69, 9.17) is 11.6 Å². The summed E-state index contributed by atoms with van der Waals surface area (Å²) >= 11 is 5.78. The topological polar surface area (TPSA) is 82.6 Å². The number of hydrogen-bond donors (Lipinski definition) is 1. The van der Waals surface area contributed by atoms with Crippen LogP contribution in [0.1, 0.15) is 0 Å². The van der Waals surface area contributed by atoms with Crippen molar-refractivity contribution in [2.24, 2.45) is 0 Å². The predicted octanol–water partition coefficient (Wildman–Crippen LogP) is 1.81. The lowest BCUT2D eigenvalue weighted by molar-refractivity contribution is -0.118. The SMILES string of the molecule is O=CN1CCN(c2ccc(NS(=O)(=O)c3ccc(Cl)cc3)cn2)CC1. The van der Waals surface area contributed by atoms with Crippen LogP contribution in [0.3, 0.4) is 0 Å². The van der Waals surface area contributed by atoms with E-state index in [1.165, 1.54) is 30.5 Å². The molecule has 0 spiro atoms. The molecular formula is C16H17ClN4O3S. The van der Waals surface area contributed by atoms with Gasteiger partial charge in [-0.3, -0.25) is 9.52 Å². The highest BCUT2D eigenvalue weighted by molar-refractivity contribution is 7.92. The third-order valence-corrected chi connectivity index (χ3v) is 5.56. The minimum absolute atomic E-state index is 0.131. The number of nitrogens with one attached hydrogen (secondary N) is 1. The molecule has 2 heterocycles. The first-order chi connectivity index (χ1) is 12.0. The Bertz CT molecular complexity index is 833. The number of aromatic nitrogens is 1. The Morgan fingerprint density at radius 2 is 1.72 bits per heavy atom. The van der Waals surface area contributed by atoms with Gasteiger partial charge in [0.1, 0.15) is 5.82 Å². The number of sulfonamides is 1. The van der Waals surface area contributed by atoms with Crippen LogP contribution in [0.4, 0.5) is 11.5 Å². The molecule has 9 heteroatoms. The minimum Gasteiger partial charge on any atom is -0.353 e. The molecule has 0 radical (unpaired) electrons. The average Bonchev–Trinajstić information content (AvgIpc) is 2.62. The zero-order chi connectivity index (χ0) is 17.9. The molecule has 132 valence electrons. The molecule has 0 saturated carbocycles. The summed E-state index contributed by atoms with van der Waals surface area (Å²) in [6.45, 7) is 2.69. The summed E-state index contributed by atoms with van der Waals surface area (Å²) in [7, 11) is -3.69. The van der Waals surface area contributed by atoms with Crippen LogP contribution in [0.5, 0.6) is 0 Å². The molecule has 1 aliphatic heterocycles. The summed E-state index contributed by atoms with van der Waals surface area (Å²) < 4.78 is 27.2. The molecule has 1 amide bonds. The van der Waals surface area contributed by atoms with Crippen LogP contribution < -0.4 is 9.62 Å². The Kier molecular flexibility index (Phi) is 5.10. The number of anilines is 2. The quantitative estimate of drug-likeness (QED) is 0.800. The van der Waals surface area contributed by atoms with Gasteiger partial charge in [0, 0.05) is 31.2 Å². The van der Waals surface area contributed by atoms with Crippen LogP contribution in [0.25, 0.3) is 0 Å². The molecule has 1 fully saturated rings. The molecule has 2 aromatic rings. The smallest absolute Gasteiger partial charge is 0.261 e. The summed E-state index contributed by atoms with van der Waals surface area (Å²) in [5.74, 6) is 0.750. The third-order valence-electron chi connectivity index (χ3n) is 3.91. The van der Waals surface area contributed by atoms with Gasteiger partial charge in [0.2, 0.25) is 6.41 Å². The van der Waals surface area contributed by atoms with Crippen LogP contribution in [-0.2, 0) is 14.8 Å². The number of benzene rings is 1. The van der Waals surface area contributed by atoms with E-state index in [1.807, 2.05) is 0 Å². The second kappa shape index (κ2) is 7.28. The Balaban J connectivity index is 1.68. The zero-order valence-corrected chi connectivity index (χ0v) is 14.9. The summed E-state index contributed by atoms with van der Waals surface area (Å²) in [5, 5.41) is 0.472. The summed E-state index contributed by atoms with van der Waals surface area (Å²) in [5.41, 5.74) is 0.380. The number of amides is 1. The van der Waals surface area contributed by atoms with E-state index in [0.29, 0.717) is 36.9 Å². The molecule has 0 atom stereocenters. The lowest BCUT2D eigenvalue weighted by Crippen LogP contribution is -2.46. The normalized spacial score (nSPS) is 15.1. The van der Waals surface area contributed by atoms with Crippen LogP contribution in [0.2, 0.25) is 5.02 Å². The molecule has 0 aliphatic carbocycles. The highest BCUT2D eigenvalue weighted by Crippen LogP contribution is 2.20. The van der Waals surface area contributed by atoms with Crippen molar-refractivity contribution in [1.82, 2.24) is 9.88 Å². The monoisotopic (exact) mass is 380 g/mol. The second-order valence-electron chi connectivity index (χ2n) is 5.59. The largest absolute Gasteiger partial charge is 0.353 e. The van der Waals surface area contributed by atoms with Crippen molar-refractivity contribution >= 4 is 39.5 Å². The van der Waals surface area contributed by atoms with Gasteiger partial charge < -0.3 is 9.80 Å². The second-order valence-corrected chi connectivity index (χ2v) is 7.71. The Hall–Kier alpha value is -2.32. The van der Waals surface area contributed by atoms with Gasteiger partial charge in [-0.05, 0) is 36.4 Å². The third kappa shape index (κ3) is 4.21. The number of pyridine rings is 1. The molecular weight excluding hydrogens is 364 g/mol. The maximum Gasteiger partial charge on any atom is 0.261 e. The maximum atomic E-state index is 12.3. The van der Waals surface area contributed by atoms with Gasteiger partial charge in [-0.25, -0.2) is 13.4 Å². The first kappa shape index (κ1) is 17.5. The van der Waals surface area contributed by atoms with Gasteiger partial charge in [-0.2, -0.15) is 0 Å². The summed E-state index contributed by atoms with van der Waals surface area (Å²) in [4.78, 5) is 18.9. The van der Waals surface area contributed by atoms with E-state index < -0.39 is 10.0 Å². The fourth-order valence-electron chi connectivity index (χ4n) is 2.52. The number of carbonyl (C=O) groups excluding carboxylic acids is 1. The molecule has 1 aliphatic rings. The number of piperazine rings is 1. The van der Waals surface area contributed by atoms with Crippen molar-refractivity contribution in [3.63, 3.8) is 0 Å². The Morgan fingerprint density at radius 3 is 2.28 bits per heavy atom. The van der Waals surface area contributed by atoms with Gasteiger partial charge in [-0.15, -0.1) is 0 Å². The average molecular weight is 381 g/mol. The molecule has 1 N–H and O–H groups in total. The Morgan fingerprint density at radius 1 is 1.04 bits per heavy atom. The van der Waals surface area contributed by atoms with Gasteiger partial charge >= 0.3 is 0 Å². The van der Waals surface area contributed by atoms with E-state index in [0.717, 1.165) is 12.2 Å². The Labute approximate surface area is 151 Å². The van der Waals surface area contributed by atoms with E-state index in [-0.39, 0.29) is 4.90 Å². The summed E-state index contributed by atoms with van der Waals surface area (Å²) in [6.07, 6.45) is 2.33. The van der Waals surface area contributed by atoms with Crippen LogP contribution in [0, 0.1) is 0 Å². The van der Waals surface area contributed by atoms with E-state index in [1.54, 1.807) is 17.0 Å².